The van der Waals surface area contributed by atoms with E-state index in [1.54, 1.807) is 6.07 Å². The lowest BCUT2D eigenvalue weighted by molar-refractivity contribution is 0.276. The number of benzene rings is 1. The summed E-state index contributed by atoms with van der Waals surface area (Å²) in [6.45, 7) is 8.42. The van der Waals surface area contributed by atoms with Gasteiger partial charge in [-0.1, -0.05) is 26.8 Å². The van der Waals surface area contributed by atoms with Gasteiger partial charge in [-0.15, -0.1) is 0 Å². The fourth-order valence-electron chi connectivity index (χ4n) is 1.45. The minimum absolute atomic E-state index is 0.274. The van der Waals surface area contributed by atoms with Crippen molar-refractivity contribution in [3.63, 3.8) is 0 Å². The molecule has 0 radical (unpaired) electrons. The van der Waals surface area contributed by atoms with Crippen LogP contribution in [0.5, 0.6) is 5.75 Å². The van der Waals surface area contributed by atoms with E-state index in [-0.39, 0.29) is 5.82 Å². The normalized spacial score (nSPS) is 10.9. The molecular weight excluding hydrogens is 217 g/mol. The molecule has 0 saturated heterocycles. The maximum Gasteiger partial charge on any atom is 0.165 e. The molecule has 0 saturated carbocycles. The Morgan fingerprint density at radius 1 is 1.35 bits per heavy atom. The molecule has 0 aliphatic rings. The van der Waals surface area contributed by atoms with Crippen molar-refractivity contribution in [3.05, 3.63) is 29.6 Å². The first-order valence-corrected chi connectivity index (χ1v) is 6.25. The zero-order valence-corrected chi connectivity index (χ0v) is 10.9. The predicted octanol–water partition coefficient (Wildman–Crippen LogP) is 3.36. The molecule has 2 nitrogen and oxygen atoms in total. The molecule has 0 heterocycles. The van der Waals surface area contributed by atoms with E-state index in [9.17, 15) is 4.39 Å². The monoisotopic (exact) mass is 239 g/mol. The molecule has 1 aromatic carbocycles. The Kier molecular flexibility index (Phi) is 5.98. The lowest BCUT2D eigenvalue weighted by Gasteiger charge is -2.10. The van der Waals surface area contributed by atoms with Gasteiger partial charge in [0.2, 0.25) is 0 Å². The summed E-state index contributed by atoms with van der Waals surface area (Å²) < 4.78 is 19.1. The Balaban J connectivity index is 2.50. The van der Waals surface area contributed by atoms with Gasteiger partial charge in [0.15, 0.2) is 11.6 Å². The summed E-state index contributed by atoms with van der Waals surface area (Å²) in [5, 5.41) is 3.16. The van der Waals surface area contributed by atoms with E-state index in [0.29, 0.717) is 24.8 Å². The molecule has 0 amide bonds. The van der Waals surface area contributed by atoms with Crippen molar-refractivity contribution < 1.29 is 9.13 Å². The van der Waals surface area contributed by atoms with Gasteiger partial charge in [-0.2, -0.15) is 0 Å². The Labute approximate surface area is 103 Å². The molecule has 0 aliphatic heterocycles. The lowest BCUT2D eigenvalue weighted by Crippen LogP contribution is -2.12. The number of ether oxygens (including phenoxy) is 1. The van der Waals surface area contributed by atoms with E-state index < -0.39 is 0 Å². The average Bonchev–Trinajstić information content (AvgIpc) is 2.28. The molecule has 96 valence electrons. The predicted molar refractivity (Wildman–Crippen MR) is 68.7 cm³/mol. The topological polar surface area (TPSA) is 21.3 Å². The Morgan fingerprint density at radius 2 is 2.12 bits per heavy atom. The SMILES string of the molecule is CCNCc1ccc(OCCC(C)C)c(F)c1. The van der Waals surface area contributed by atoms with E-state index in [4.69, 9.17) is 4.74 Å². The number of rotatable bonds is 7. The summed E-state index contributed by atoms with van der Waals surface area (Å²) in [5.74, 6) is 0.654. The molecule has 0 atom stereocenters. The first-order valence-electron chi connectivity index (χ1n) is 6.25. The summed E-state index contributed by atoms with van der Waals surface area (Å²) in [6, 6.07) is 5.14. The van der Waals surface area contributed by atoms with Gasteiger partial charge in [-0.05, 0) is 36.6 Å². The van der Waals surface area contributed by atoms with Crippen LogP contribution < -0.4 is 10.1 Å². The van der Waals surface area contributed by atoms with E-state index in [2.05, 4.69) is 19.2 Å². The van der Waals surface area contributed by atoms with Crippen LogP contribution in [0.3, 0.4) is 0 Å². The van der Waals surface area contributed by atoms with Crippen molar-refractivity contribution in [2.24, 2.45) is 5.92 Å². The van der Waals surface area contributed by atoms with Crippen LogP contribution in [-0.2, 0) is 6.54 Å². The van der Waals surface area contributed by atoms with Gasteiger partial charge in [0.1, 0.15) is 0 Å². The van der Waals surface area contributed by atoms with Gasteiger partial charge in [0.25, 0.3) is 0 Å². The molecule has 17 heavy (non-hydrogen) atoms. The molecule has 1 rings (SSSR count). The molecule has 0 aliphatic carbocycles. The fourth-order valence-corrected chi connectivity index (χ4v) is 1.45. The minimum Gasteiger partial charge on any atom is -0.491 e. The van der Waals surface area contributed by atoms with Crippen LogP contribution in [-0.4, -0.2) is 13.2 Å². The van der Waals surface area contributed by atoms with Crippen LogP contribution in [0.15, 0.2) is 18.2 Å². The number of halogens is 1. The molecule has 0 fully saturated rings. The van der Waals surface area contributed by atoms with Crippen LogP contribution >= 0.6 is 0 Å². The van der Waals surface area contributed by atoms with E-state index >= 15 is 0 Å². The largest absolute Gasteiger partial charge is 0.491 e. The highest BCUT2D eigenvalue weighted by molar-refractivity contribution is 5.29. The summed E-state index contributed by atoms with van der Waals surface area (Å²) in [7, 11) is 0. The van der Waals surface area contributed by atoms with Crippen molar-refractivity contribution in [3.8, 4) is 5.75 Å². The Hall–Kier alpha value is -1.09. The van der Waals surface area contributed by atoms with E-state index in [1.807, 2.05) is 13.0 Å². The second kappa shape index (κ2) is 7.28. The van der Waals surface area contributed by atoms with Crippen molar-refractivity contribution in [2.75, 3.05) is 13.2 Å². The van der Waals surface area contributed by atoms with Gasteiger partial charge < -0.3 is 10.1 Å². The second-order valence-electron chi connectivity index (χ2n) is 4.58. The van der Waals surface area contributed by atoms with Crippen LogP contribution in [0, 0.1) is 11.7 Å². The number of hydrogen-bond donors (Lipinski definition) is 1. The summed E-state index contributed by atoms with van der Waals surface area (Å²) in [6.07, 6.45) is 0.943. The van der Waals surface area contributed by atoms with Crippen LogP contribution in [0.25, 0.3) is 0 Å². The summed E-state index contributed by atoms with van der Waals surface area (Å²) in [5.41, 5.74) is 0.945. The van der Waals surface area contributed by atoms with Crippen molar-refractivity contribution in [1.82, 2.24) is 5.32 Å². The minimum atomic E-state index is -0.274. The zero-order valence-electron chi connectivity index (χ0n) is 10.9. The molecule has 1 aromatic rings. The van der Waals surface area contributed by atoms with Crippen LogP contribution in [0.4, 0.5) is 4.39 Å². The highest BCUT2D eigenvalue weighted by Crippen LogP contribution is 2.19. The highest BCUT2D eigenvalue weighted by atomic mass is 19.1. The van der Waals surface area contributed by atoms with Gasteiger partial charge in [-0.25, -0.2) is 4.39 Å². The van der Waals surface area contributed by atoms with E-state index in [0.717, 1.165) is 18.5 Å². The van der Waals surface area contributed by atoms with E-state index in [1.165, 1.54) is 6.07 Å². The highest BCUT2D eigenvalue weighted by Gasteiger charge is 2.05. The third-order valence-electron chi connectivity index (χ3n) is 2.53. The molecule has 1 N–H and O–H groups in total. The smallest absolute Gasteiger partial charge is 0.165 e. The summed E-state index contributed by atoms with van der Waals surface area (Å²) >= 11 is 0. The molecule has 3 heteroatoms. The van der Waals surface area contributed by atoms with Gasteiger partial charge in [-0.3, -0.25) is 0 Å². The quantitative estimate of drug-likeness (QED) is 0.787. The van der Waals surface area contributed by atoms with Crippen molar-refractivity contribution >= 4 is 0 Å². The van der Waals surface area contributed by atoms with Crippen molar-refractivity contribution in [2.45, 2.75) is 33.7 Å². The number of nitrogens with one attached hydrogen (secondary N) is 1. The molecule has 0 unspecified atom stereocenters. The Morgan fingerprint density at radius 3 is 2.71 bits per heavy atom. The molecule has 0 spiro atoms. The van der Waals surface area contributed by atoms with Crippen molar-refractivity contribution in [1.29, 1.82) is 0 Å². The van der Waals surface area contributed by atoms with Gasteiger partial charge in [0.05, 0.1) is 6.61 Å². The van der Waals surface area contributed by atoms with Crippen LogP contribution in [0.2, 0.25) is 0 Å². The van der Waals surface area contributed by atoms with Gasteiger partial charge >= 0.3 is 0 Å². The Bertz CT molecular complexity index is 339. The maximum absolute atomic E-state index is 13.6. The van der Waals surface area contributed by atoms with Gasteiger partial charge in [0, 0.05) is 6.54 Å². The fraction of sp³-hybridized carbons (Fsp3) is 0.571. The number of hydrogen-bond acceptors (Lipinski definition) is 2. The third-order valence-corrected chi connectivity index (χ3v) is 2.53. The standard InChI is InChI=1S/C14H22FNO/c1-4-16-10-12-5-6-14(13(15)9-12)17-8-7-11(2)3/h5-6,9,11,16H,4,7-8,10H2,1-3H3. The zero-order chi connectivity index (χ0) is 12.7. The van der Waals surface area contributed by atoms with Crippen LogP contribution in [0.1, 0.15) is 32.8 Å². The first-order chi connectivity index (χ1) is 8.13. The first kappa shape index (κ1) is 14.0. The molecule has 0 aromatic heterocycles. The average molecular weight is 239 g/mol. The molecular formula is C14H22FNO. The third kappa shape index (κ3) is 5.18. The maximum atomic E-state index is 13.6. The lowest BCUT2D eigenvalue weighted by atomic mass is 10.1. The summed E-state index contributed by atoms with van der Waals surface area (Å²) in [4.78, 5) is 0. The second-order valence-corrected chi connectivity index (χ2v) is 4.58. The molecule has 0 bridgehead atoms.